The lowest BCUT2D eigenvalue weighted by Gasteiger charge is -2.11. The zero-order valence-electron chi connectivity index (χ0n) is 13.5. The minimum absolute atomic E-state index is 0.171. The number of carbonyl (C=O) groups excluding carboxylic acids is 1. The highest BCUT2D eigenvalue weighted by Gasteiger charge is 2.09. The zero-order valence-corrected chi connectivity index (χ0v) is 13.5. The molecule has 0 unspecified atom stereocenters. The molecule has 0 bridgehead atoms. The van der Waals surface area contributed by atoms with Crippen molar-refractivity contribution in [3.63, 3.8) is 0 Å². The number of nitrogens with one attached hydrogen (secondary N) is 1. The summed E-state index contributed by atoms with van der Waals surface area (Å²) in [5.41, 5.74) is 1.11. The molecule has 0 atom stereocenters. The first-order chi connectivity index (χ1) is 11.7. The Kier molecular flexibility index (Phi) is 6.03. The van der Waals surface area contributed by atoms with Gasteiger partial charge in [0.1, 0.15) is 5.75 Å². The van der Waals surface area contributed by atoms with Crippen LogP contribution in [0.4, 0.5) is 5.69 Å². The molecule has 0 radical (unpaired) electrons. The van der Waals surface area contributed by atoms with Crippen LogP contribution in [0.5, 0.6) is 17.2 Å². The van der Waals surface area contributed by atoms with Gasteiger partial charge in [-0.15, -0.1) is 0 Å². The third-order valence-electron chi connectivity index (χ3n) is 3.10. The Balaban J connectivity index is 1.92. The number of benzene rings is 2. The van der Waals surface area contributed by atoms with E-state index in [4.69, 9.17) is 19.5 Å². The summed E-state index contributed by atoms with van der Waals surface area (Å²) in [4.78, 5) is 12.0. The van der Waals surface area contributed by atoms with Crippen LogP contribution in [0.25, 0.3) is 0 Å². The fourth-order valence-corrected chi connectivity index (χ4v) is 2.00. The molecule has 2 aromatic rings. The van der Waals surface area contributed by atoms with Gasteiger partial charge in [-0.05, 0) is 43.3 Å². The van der Waals surface area contributed by atoms with Crippen LogP contribution in [-0.4, -0.2) is 26.2 Å². The first-order valence-electron chi connectivity index (χ1n) is 7.40. The van der Waals surface area contributed by atoms with E-state index >= 15 is 0 Å². The van der Waals surface area contributed by atoms with E-state index in [0.717, 1.165) is 5.75 Å². The Hall–Kier alpha value is -3.20. The van der Waals surface area contributed by atoms with Gasteiger partial charge in [-0.3, -0.25) is 4.79 Å². The van der Waals surface area contributed by atoms with Crippen molar-refractivity contribution in [2.75, 3.05) is 25.6 Å². The number of nitriles is 1. The Morgan fingerprint density at radius 2 is 1.88 bits per heavy atom. The van der Waals surface area contributed by atoms with E-state index in [-0.39, 0.29) is 12.5 Å². The second-order valence-corrected chi connectivity index (χ2v) is 4.77. The van der Waals surface area contributed by atoms with Crippen LogP contribution in [0.15, 0.2) is 42.5 Å². The number of hydrogen-bond acceptors (Lipinski definition) is 5. The third-order valence-corrected chi connectivity index (χ3v) is 3.10. The predicted octanol–water partition coefficient (Wildman–Crippen LogP) is 2.98. The Bertz CT molecular complexity index is 736. The standard InChI is InChI=1S/C18H18N2O4/c1-3-23-15-7-5-14(6-8-15)20-18(21)12-24-16-9-4-13(11-19)10-17(16)22-2/h4-10H,3,12H2,1-2H3,(H,20,21). The molecule has 0 heterocycles. The smallest absolute Gasteiger partial charge is 0.262 e. The number of hydrogen-bond donors (Lipinski definition) is 1. The van der Waals surface area contributed by atoms with Gasteiger partial charge in [0.25, 0.3) is 5.91 Å². The molecule has 2 aromatic carbocycles. The van der Waals surface area contributed by atoms with Crippen molar-refractivity contribution >= 4 is 11.6 Å². The van der Waals surface area contributed by atoms with Gasteiger partial charge in [0.05, 0.1) is 25.3 Å². The molecular weight excluding hydrogens is 308 g/mol. The molecule has 2 rings (SSSR count). The molecule has 0 aliphatic rings. The van der Waals surface area contributed by atoms with Gasteiger partial charge in [-0.25, -0.2) is 0 Å². The normalized spacial score (nSPS) is 9.71. The molecule has 0 aromatic heterocycles. The second kappa shape index (κ2) is 8.44. The van der Waals surface area contributed by atoms with E-state index in [0.29, 0.717) is 29.4 Å². The largest absolute Gasteiger partial charge is 0.494 e. The van der Waals surface area contributed by atoms with Crippen molar-refractivity contribution in [1.29, 1.82) is 5.26 Å². The number of carbonyl (C=O) groups is 1. The number of amides is 1. The topological polar surface area (TPSA) is 80.6 Å². The van der Waals surface area contributed by atoms with Crippen molar-refractivity contribution < 1.29 is 19.0 Å². The number of methoxy groups -OCH3 is 1. The maximum Gasteiger partial charge on any atom is 0.262 e. The van der Waals surface area contributed by atoms with E-state index in [1.807, 2.05) is 13.0 Å². The van der Waals surface area contributed by atoms with Gasteiger partial charge in [-0.2, -0.15) is 5.26 Å². The quantitative estimate of drug-likeness (QED) is 0.846. The number of ether oxygens (including phenoxy) is 3. The van der Waals surface area contributed by atoms with Gasteiger partial charge in [-0.1, -0.05) is 0 Å². The van der Waals surface area contributed by atoms with Crippen molar-refractivity contribution in [2.45, 2.75) is 6.92 Å². The molecule has 0 saturated carbocycles. The molecule has 0 aliphatic heterocycles. The molecule has 24 heavy (non-hydrogen) atoms. The average Bonchev–Trinajstić information content (AvgIpc) is 2.61. The summed E-state index contributed by atoms with van der Waals surface area (Å²) < 4.78 is 15.9. The number of rotatable bonds is 7. The van der Waals surface area contributed by atoms with Crippen molar-refractivity contribution in [3.05, 3.63) is 48.0 Å². The van der Waals surface area contributed by atoms with E-state index in [2.05, 4.69) is 5.32 Å². The lowest BCUT2D eigenvalue weighted by Crippen LogP contribution is -2.20. The Morgan fingerprint density at radius 1 is 1.12 bits per heavy atom. The minimum atomic E-state index is -0.300. The highest BCUT2D eigenvalue weighted by atomic mass is 16.5. The molecule has 0 saturated heterocycles. The number of anilines is 1. The summed E-state index contributed by atoms with van der Waals surface area (Å²) in [6, 6.07) is 13.8. The maximum atomic E-state index is 12.0. The van der Waals surface area contributed by atoms with Crippen LogP contribution in [-0.2, 0) is 4.79 Å². The SMILES string of the molecule is CCOc1ccc(NC(=O)COc2ccc(C#N)cc2OC)cc1. The molecule has 6 nitrogen and oxygen atoms in total. The zero-order chi connectivity index (χ0) is 17.4. The van der Waals surface area contributed by atoms with Gasteiger partial charge in [0.2, 0.25) is 0 Å². The van der Waals surface area contributed by atoms with E-state index in [1.54, 1.807) is 42.5 Å². The predicted molar refractivity (Wildman–Crippen MR) is 89.4 cm³/mol. The molecule has 6 heteroatoms. The molecular formula is C18H18N2O4. The van der Waals surface area contributed by atoms with Crippen molar-refractivity contribution in [1.82, 2.24) is 0 Å². The first kappa shape index (κ1) is 17.2. The molecule has 0 fully saturated rings. The van der Waals surface area contributed by atoms with E-state index in [1.165, 1.54) is 7.11 Å². The van der Waals surface area contributed by atoms with Gasteiger partial charge >= 0.3 is 0 Å². The average molecular weight is 326 g/mol. The first-order valence-corrected chi connectivity index (χ1v) is 7.40. The highest BCUT2D eigenvalue weighted by Crippen LogP contribution is 2.27. The molecule has 124 valence electrons. The van der Waals surface area contributed by atoms with Crippen LogP contribution < -0.4 is 19.5 Å². The summed E-state index contributed by atoms with van der Waals surface area (Å²) in [5, 5.41) is 11.6. The Morgan fingerprint density at radius 3 is 2.50 bits per heavy atom. The van der Waals surface area contributed by atoms with Gasteiger partial charge in [0.15, 0.2) is 18.1 Å². The highest BCUT2D eigenvalue weighted by molar-refractivity contribution is 5.91. The van der Waals surface area contributed by atoms with Gasteiger partial charge in [0, 0.05) is 11.8 Å². The van der Waals surface area contributed by atoms with E-state index < -0.39 is 0 Å². The van der Waals surface area contributed by atoms with E-state index in [9.17, 15) is 4.79 Å². The summed E-state index contributed by atoms with van der Waals surface area (Å²) in [7, 11) is 1.48. The molecule has 1 amide bonds. The lowest BCUT2D eigenvalue weighted by molar-refractivity contribution is -0.118. The summed E-state index contributed by atoms with van der Waals surface area (Å²) >= 11 is 0. The van der Waals surface area contributed by atoms with Crippen LogP contribution in [0.2, 0.25) is 0 Å². The fraction of sp³-hybridized carbons (Fsp3) is 0.222. The second-order valence-electron chi connectivity index (χ2n) is 4.77. The van der Waals surface area contributed by atoms with Crippen LogP contribution in [0, 0.1) is 11.3 Å². The summed E-state index contributed by atoms with van der Waals surface area (Å²) in [6.07, 6.45) is 0. The lowest BCUT2D eigenvalue weighted by atomic mass is 10.2. The summed E-state index contributed by atoms with van der Waals surface area (Å²) in [5.74, 6) is 1.25. The minimum Gasteiger partial charge on any atom is -0.494 e. The maximum absolute atomic E-state index is 12.0. The van der Waals surface area contributed by atoms with Crippen LogP contribution in [0.1, 0.15) is 12.5 Å². The molecule has 1 N–H and O–H groups in total. The van der Waals surface area contributed by atoms with Crippen molar-refractivity contribution in [3.8, 4) is 23.3 Å². The molecule has 0 spiro atoms. The Labute approximate surface area is 140 Å². The number of nitrogens with zero attached hydrogens (tertiary/aromatic N) is 1. The van der Waals surface area contributed by atoms with Crippen LogP contribution in [0.3, 0.4) is 0 Å². The third kappa shape index (κ3) is 4.65. The van der Waals surface area contributed by atoms with Crippen molar-refractivity contribution in [2.24, 2.45) is 0 Å². The molecule has 0 aliphatic carbocycles. The van der Waals surface area contributed by atoms with Crippen LogP contribution >= 0.6 is 0 Å². The monoisotopic (exact) mass is 326 g/mol. The fourth-order valence-electron chi connectivity index (χ4n) is 2.00. The van der Waals surface area contributed by atoms with Gasteiger partial charge < -0.3 is 19.5 Å². The summed E-state index contributed by atoms with van der Waals surface area (Å²) in [6.45, 7) is 2.33.